The lowest BCUT2D eigenvalue weighted by molar-refractivity contribution is -0.385. The monoisotopic (exact) mass is 295 g/mol. The molecule has 0 atom stereocenters. The molecule has 2 saturated carbocycles. The molecule has 1 heterocycles. The molecule has 1 aromatic heterocycles. The molecule has 20 heavy (non-hydrogen) atoms. The van der Waals surface area contributed by atoms with E-state index in [0.29, 0.717) is 11.8 Å². The molecule has 0 radical (unpaired) electrons. The van der Waals surface area contributed by atoms with Crippen LogP contribution in [0, 0.1) is 22.0 Å². The highest BCUT2D eigenvalue weighted by Crippen LogP contribution is 2.44. The summed E-state index contributed by atoms with van der Waals surface area (Å²) in [4.78, 5) is 26.3. The van der Waals surface area contributed by atoms with E-state index in [1.807, 2.05) is 0 Å². The molecular formula is C13H14ClN3O3. The lowest BCUT2D eigenvalue weighted by Gasteiger charge is -2.17. The first-order valence-corrected chi connectivity index (χ1v) is 7.05. The molecule has 0 bridgehead atoms. The molecule has 6 nitrogen and oxygen atoms in total. The second-order valence-corrected chi connectivity index (χ2v) is 5.79. The summed E-state index contributed by atoms with van der Waals surface area (Å²) in [5.74, 6) is 0.635. The van der Waals surface area contributed by atoms with E-state index in [1.54, 1.807) is 0 Å². The quantitative estimate of drug-likeness (QED) is 0.514. The number of amides is 1. The lowest BCUT2D eigenvalue weighted by atomic mass is 10.1. The van der Waals surface area contributed by atoms with Crippen molar-refractivity contribution in [3.63, 3.8) is 0 Å². The van der Waals surface area contributed by atoms with Crippen molar-refractivity contribution in [3.8, 4) is 0 Å². The van der Waals surface area contributed by atoms with Crippen LogP contribution in [0.5, 0.6) is 0 Å². The van der Waals surface area contributed by atoms with Crippen molar-refractivity contribution in [2.75, 3.05) is 0 Å². The van der Waals surface area contributed by atoms with Crippen molar-refractivity contribution in [1.82, 2.24) is 10.3 Å². The fourth-order valence-corrected chi connectivity index (χ4v) is 2.77. The van der Waals surface area contributed by atoms with Crippen LogP contribution in [0.4, 0.5) is 5.69 Å². The molecule has 1 aromatic rings. The van der Waals surface area contributed by atoms with Gasteiger partial charge in [-0.3, -0.25) is 14.9 Å². The van der Waals surface area contributed by atoms with Crippen LogP contribution in [0.15, 0.2) is 12.3 Å². The molecule has 3 rings (SSSR count). The smallest absolute Gasteiger partial charge is 0.319 e. The highest BCUT2D eigenvalue weighted by molar-refractivity contribution is 6.32. The summed E-state index contributed by atoms with van der Waals surface area (Å²) in [6.07, 6.45) is 5.82. The minimum absolute atomic E-state index is 0.0127. The van der Waals surface area contributed by atoms with Gasteiger partial charge in [-0.05, 0) is 43.6 Å². The van der Waals surface area contributed by atoms with Gasteiger partial charge in [0.2, 0.25) is 5.15 Å². The summed E-state index contributed by atoms with van der Waals surface area (Å²) in [5, 5.41) is 13.7. The van der Waals surface area contributed by atoms with Gasteiger partial charge in [-0.25, -0.2) is 4.98 Å². The molecule has 0 unspecified atom stereocenters. The Labute approximate surface area is 120 Å². The summed E-state index contributed by atoms with van der Waals surface area (Å²) in [7, 11) is 0. The molecule has 1 amide bonds. The SMILES string of the molecule is O=C(NC(C1CC1)C1CC1)c1ccnc(Cl)c1[N+](=O)[O-]. The molecule has 106 valence electrons. The average Bonchev–Trinajstić information content (AvgIpc) is 3.28. The van der Waals surface area contributed by atoms with E-state index in [9.17, 15) is 14.9 Å². The third-order valence-corrected chi connectivity index (χ3v) is 4.14. The van der Waals surface area contributed by atoms with E-state index in [2.05, 4.69) is 10.3 Å². The maximum atomic E-state index is 12.3. The van der Waals surface area contributed by atoms with Gasteiger partial charge in [0.15, 0.2) is 0 Å². The summed E-state index contributed by atoms with van der Waals surface area (Å²) in [6, 6.07) is 1.49. The number of carbonyl (C=O) groups excluding carboxylic acids is 1. The molecule has 0 saturated heterocycles. The van der Waals surface area contributed by atoms with Crippen LogP contribution in [0.25, 0.3) is 0 Å². The van der Waals surface area contributed by atoms with Crippen LogP contribution >= 0.6 is 11.6 Å². The van der Waals surface area contributed by atoms with E-state index in [1.165, 1.54) is 12.3 Å². The second kappa shape index (κ2) is 5.01. The van der Waals surface area contributed by atoms with Gasteiger partial charge in [0.25, 0.3) is 5.91 Å². The maximum absolute atomic E-state index is 12.3. The van der Waals surface area contributed by atoms with Crippen molar-refractivity contribution < 1.29 is 9.72 Å². The van der Waals surface area contributed by atoms with Crippen molar-refractivity contribution in [3.05, 3.63) is 33.1 Å². The fraction of sp³-hybridized carbons (Fsp3) is 0.538. The van der Waals surface area contributed by atoms with Crippen molar-refractivity contribution in [1.29, 1.82) is 0 Å². The van der Waals surface area contributed by atoms with E-state index < -0.39 is 16.5 Å². The van der Waals surface area contributed by atoms with Crippen LogP contribution in [0.2, 0.25) is 5.15 Å². The van der Waals surface area contributed by atoms with Gasteiger partial charge < -0.3 is 5.32 Å². The highest BCUT2D eigenvalue weighted by atomic mass is 35.5. The predicted octanol–water partition coefficient (Wildman–Crippen LogP) is 2.56. The number of rotatable bonds is 5. The predicted molar refractivity (Wildman–Crippen MR) is 72.6 cm³/mol. The zero-order valence-electron chi connectivity index (χ0n) is 10.7. The molecular weight excluding hydrogens is 282 g/mol. The Hall–Kier alpha value is -1.69. The number of carbonyl (C=O) groups is 1. The first-order valence-electron chi connectivity index (χ1n) is 6.67. The zero-order chi connectivity index (χ0) is 14.3. The van der Waals surface area contributed by atoms with Crippen LogP contribution in [-0.4, -0.2) is 21.9 Å². The number of hydrogen-bond donors (Lipinski definition) is 1. The molecule has 2 fully saturated rings. The summed E-state index contributed by atoms with van der Waals surface area (Å²) in [6.45, 7) is 0. The average molecular weight is 296 g/mol. The van der Waals surface area contributed by atoms with Gasteiger partial charge in [-0.2, -0.15) is 0 Å². The van der Waals surface area contributed by atoms with Crippen LogP contribution in [0.1, 0.15) is 36.0 Å². The van der Waals surface area contributed by atoms with Crippen molar-refractivity contribution >= 4 is 23.2 Å². The number of hydrogen-bond acceptors (Lipinski definition) is 4. The number of halogens is 1. The molecule has 0 spiro atoms. The van der Waals surface area contributed by atoms with Crippen molar-refractivity contribution in [2.45, 2.75) is 31.7 Å². The van der Waals surface area contributed by atoms with Crippen LogP contribution in [0.3, 0.4) is 0 Å². The Morgan fingerprint density at radius 2 is 2.00 bits per heavy atom. The Kier molecular flexibility index (Phi) is 3.33. The van der Waals surface area contributed by atoms with E-state index in [-0.39, 0.29) is 16.8 Å². The molecule has 0 aromatic carbocycles. The summed E-state index contributed by atoms with van der Waals surface area (Å²) in [5.41, 5.74) is -0.432. The normalized spacial score (nSPS) is 18.1. The molecule has 2 aliphatic carbocycles. The van der Waals surface area contributed by atoms with Gasteiger partial charge in [0.1, 0.15) is 5.56 Å². The number of nitro groups is 1. The largest absolute Gasteiger partial charge is 0.349 e. The standard InChI is InChI=1S/C13H14ClN3O3/c14-12-11(17(19)20)9(5-6-15-12)13(18)16-10(7-1-2-7)8-3-4-8/h5-8,10H,1-4H2,(H,16,18). The van der Waals surface area contributed by atoms with Gasteiger partial charge in [-0.15, -0.1) is 0 Å². The Morgan fingerprint density at radius 1 is 1.40 bits per heavy atom. The van der Waals surface area contributed by atoms with E-state index >= 15 is 0 Å². The second-order valence-electron chi connectivity index (χ2n) is 5.43. The first-order chi connectivity index (χ1) is 9.58. The van der Waals surface area contributed by atoms with Gasteiger partial charge >= 0.3 is 5.69 Å². The molecule has 2 aliphatic rings. The van der Waals surface area contributed by atoms with Crippen molar-refractivity contribution in [2.24, 2.45) is 11.8 Å². The fourth-order valence-electron chi connectivity index (χ4n) is 2.55. The van der Waals surface area contributed by atoms with Gasteiger partial charge in [0.05, 0.1) is 4.92 Å². The third-order valence-electron chi connectivity index (χ3n) is 3.86. The van der Waals surface area contributed by atoms with Gasteiger partial charge in [-0.1, -0.05) is 11.6 Å². The van der Waals surface area contributed by atoms with Crippen LogP contribution in [-0.2, 0) is 0 Å². The molecule has 1 N–H and O–H groups in total. The number of aromatic nitrogens is 1. The number of nitrogens with zero attached hydrogens (tertiary/aromatic N) is 2. The third kappa shape index (κ3) is 2.60. The van der Waals surface area contributed by atoms with E-state index in [4.69, 9.17) is 11.6 Å². The number of nitrogens with one attached hydrogen (secondary N) is 1. The minimum Gasteiger partial charge on any atom is -0.349 e. The summed E-state index contributed by atoms with van der Waals surface area (Å²) < 4.78 is 0. The Morgan fingerprint density at radius 3 is 2.50 bits per heavy atom. The summed E-state index contributed by atoms with van der Waals surface area (Å²) >= 11 is 5.72. The molecule has 7 heteroatoms. The Bertz CT molecular complexity index is 558. The maximum Gasteiger partial charge on any atom is 0.319 e. The molecule has 0 aliphatic heterocycles. The number of pyridine rings is 1. The highest BCUT2D eigenvalue weighted by Gasteiger charge is 2.42. The topological polar surface area (TPSA) is 85.1 Å². The lowest BCUT2D eigenvalue weighted by Crippen LogP contribution is -2.38. The Balaban J connectivity index is 1.83. The van der Waals surface area contributed by atoms with Gasteiger partial charge in [0, 0.05) is 12.2 Å². The van der Waals surface area contributed by atoms with E-state index in [0.717, 1.165) is 25.7 Å². The zero-order valence-corrected chi connectivity index (χ0v) is 11.5. The first kappa shape index (κ1) is 13.3. The minimum atomic E-state index is -0.659. The van der Waals surface area contributed by atoms with Crippen LogP contribution < -0.4 is 5.32 Å².